The standard InChI is InChI=1S/C27H45NO2.C27H49NO2.ClH/c1-16-7-12-27(28-15-16)17(2)24-23(30-27)14-22-20-6-5-18-13-19(29)8-10-25(18,3)21(20)9-11-26(22,24)4;1-17(16-28)6-5-7-18(2)25-24(30)15-23-21-9-8-19-14-20(29)10-12-26(19,3)22(21)11-13-27(23,25)4;/h16-24,28-29H,5-15H2,1-4H3;17-25,29-30H,5-16,28H2,1-4H3;1H/t16-,17-,18-,19-,20+,21-,22-,23?,24-,25-,26-,27-;17-,18+,19-,20-,21+,22-,23-,24-,25?,26-,27-;/m00./s1. The van der Waals surface area contributed by atoms with Crippen molar-refractivity contribution in [3.05, 3.63) is 0 Å². The minimum absolute atomic E-state index is 0. The van der Waals surface area contributed by atoms with Crippen LogP contribution in [0.5, 0.6) is 0 Å². The van der Waals surface area contributed by atoms with Gasteiger partial charge in [0.2, 0.25) is 5.72 Å². The average Bonchev–Trinajstić information content (AvgIpc) is 3.78. The summed E-state index contributed by atoms with van der Waals surface area (Å²) in [5.41, 5.74) is 7.63. The maximum Gasteiger partial charge on any atom is 0.203 e. The maximum atomic E-state index is 11.3. The molecule has 7 heteroatoms. The number of quaternary nitrogens is 1. The van der Waals surface area contributed by atoms with Crippen LogP contribution in [0.15, 0.2) is 0 Å². The zero-order chi connectivity index (χ0) is 42.6. The fraction of sp³-hybridized carbons (Fsp3) is 1.00. The summed E-state index contributed by atoms with van der Waals surface area (Å²) in [6.07, 6.45) is 26.5. The van der Waals surface area contributed by atoms with E-state index >= 15 is 0 Å². The third kappa shape index (κ3) is 7.80. The van der Waals surface area contributed by atoms with Gasteiger partial charge in [0.05, 0.1) is 31.0 Å². The molecule has 0 aromatic carbocycles. The van der Waals surface area contributed by atoms with Crippen LogP contribution < -0.4 is 23.5 Å². The second-order valence-electron chi connectivity index (χ2n) is 26.1. The van der Waals surface area contributed by atoms with E-state index in [0.29, 0.717) is 57.4 Å². The predicted octanol–water partition coefficient (Wildman–Crippen LogP) is 6.72. The molecule has 7 N–H and O–H groups in total. The van der Waals surface area contributed by atoms with Crippen molar-refractivity contribution >= 4 is 0 Å². The Labute approximate surface area is 380 Å². The molecule has 2 heterocycles. The highest BCUT2D eigenvalue weighted by atomic mass is 35.5. The lowest BCUT2D eigenvalue weighted by Crippen LogP contribution is -3.00. The molecule has 10 aliphatic rings. The van der Waals surface area contributed by atoms with Gasteiger partial charge in [0.15, 0.2) is 0 Å². The molecule has 0 aromatic rings. The Balaban J connectivity index is 0.000000166. The van der Waals surface area contributed by atoms with Crippen LogP contribution in [-0.2, 0) is 4.74 Å². The van der Waals surface area contributed by atoms with E-state index in [1.165, 1.54) is 109 Å². The summed E-state index contributed by atoms with van der Waals surface area (Å²) in [6, 6.07) is 0. The molecule has 10 fully saturated rings. The van der Waals surface area contributed by atoms with Gasteiger partial charge in [0.1, 0.15) is 0 Å². The molecule has 352 valence electrons. The van der Waals surface area contributed by atoms with Crippen molar-refractivity contribution < 1.29 is 37.8 Å². The van der Waals surface area contributed by atoms with Gasteiger partial charge in [-0.3, -0.25) is 0 Å². The van der Waals surface area contributed by atoms with Gasteiger partial charge in [0, 0.05) is 24.2 Å². The summed E-state index contributed by atoms with van der Waals surface area (Å²) < 4.78 is 7.07. The number of nitrogens with two attached hydrogens (primary N) is 2. The van der Waals surface area contributed by atoms with E-state index < -0.39 is 0 Å². The van der Waals surface area contributed by atoms with Crippen molar-refractivity contribution in [2.75, 3.05) is 13.1 Å². The van der Waals surface area contributed by atoms with Crippen molar-refractivity contribution in [1.82, 2.24) is 0 Å². The molecule has 10 rings (SSSR count). The van der Waals surface area contributed by atoms with E-state index in [1.807, 2.05) is 0 Å². The Bertz CT molecular complexity index is 1510. The SMILES string of the molecule is C[C@H](CN)CCC[C@@H](C)C1[C@@H](O)C[C@H]2[C@@H]3CC[C@H]4C[C@@H](O)CC[C@]4(C)[C@H]3CC[C@]12C.C[C@H]1CC[C@]2([NH2+]C1)OC1C[C@H]3[C@@H]4CC[C@H]5C[C@@H](O)CC[C@]5(C)[C@H]4CC[C@]3(C)[C@H]1[C@@H]2C.[Cl-]. The minimum atomic E-state index is -0.112. The van der Waals surface area contributed by atoms with Crippen LogP contribution in [0.3, 0.4) is 0 Å². The highest BCUT2D eigenvalue weighted by Gasteiger charge is 2.70. The molecule has 2 aliphatic heterocycles. The molecular formula is C54H95ClN2O4. The van der Waals surface area contributed by atoms with Crippen LogP contribution in [0.4, 0.5) is 0 Å². The number of aliphatic hydroxyl groups is 3. The molecule has 8 aliphatic carbocycles. The highest BCUT2D eigenvalue weighted by molar-refractivity contribution is 5.16. The first-order valence-corrected chi connectivity index (χ1v) is 26.7. The van der Waals surface area contributed by atoms with Gasteiger partial charge < -0.3 is 43.5 Å². The second kappa shape index (κ2) is 17.6. The molecule has 0 aromatic heterocycles. The molecule has 8 saturated carbocycles. The van der Waals surface area contributed by atoms with E-state index in [4.69, 9.17) is 10.5 Å². The molecule has 2 saturated heterocycles. The lowest BCUT2D eigenvalue weighted by atomic mass is 9.44. The Hall–Kier alpha value is 0.0500. The lowest BCUT2D eigenvalue weighted by molar-refractivity contribution is -0.786. The van der Waals surface area contributed by atoms with E-state index in [1.54, 1.807) is 0 Å². The first-order chi connectivity index (χ1) is 28.5. The number of halogens is 1. The van der Waals surface area contributed by atoms with Gasteiger partial charge in [-0.05, 0) is 209 Å². The molecule has 0 amide bonds. The number of ether oxygens (including phenoxy) is 1. The quantitative estimate of drug-likeness (QED) is 0.204. The fourth-order valence-corrected chi connectivity index (χ4v) is 20.0. The Morgan fingerprint density at radius 3 is 1.75 bits per heavy atom. The highest BCUT2D eigenvalue weighted by Crippen LogP contribution is 2.71. The maximum absolute atomic E-state index is 11.3. The molecule has 2 unspecified atom stereocenters. The summed E-state index contributed by atoms with van der Waals surface area (Å²) in [6.45, 7) is 22.1. The summed E-state index contributed by atoms with van der Waals surface area (Å²) in [5, 5.41) is 34.5. The Morgan fingerprint density at radius 1 is 0.639 bits per heavy atom. The molecule has 0 bridgehead atoms. The van der Waals surface area contributed by atoms with Crippen molar-refractivity contribution in [2.45, 2.75) is 220 Å². The summed E-state index contributed by atoms with van der Waals surface area (Å²) in [4.78, 5) is 0. The van der Waals surface area contributed by atoms with Crippen molar-refractivity contribution in [3.8, 4) is 0 Å². The Morgan fingerprint density at radius 2 is 1.20 bits per heavy atom. The molecule has 0 radical (unpaired) electrons. The van der Waals surface area contributed by atoms with Crippen LogP contribution in [-0.4, -0.2) is 58.5 Å². The average molecular weight is 872 g/mol. The minimum Gasteiger partial charge on any atom is -1.00 e. The van der Waals surface area contributed by atoms with Crippen LogP contribution in [0, 0.1) is 105 Å². The summed E-state index contributed by atoms with van der Waals surface area (Å²) in [7, 11) is 0. The fourth-order valence-electron chi connectivity index (χ4n) is 20.0. The molecule has 6 nitrogen and oxygen atoms in total. The van der Waals surface area contributed by atoms with Gasteiger partial charge in [-0.1, -0.05) is 68.2 Å². The monoisotopic (exact) mass is 871 g/mol. The smallest absolute Gasteiger partial charge is 0.203 e. The van der Waals surface area contributed by atoms with Crippen molar-refractivity contribution in [2.24, 2.45) is 110 Å². The van der Waals surface area contributed by atoms with E-state index in [-0.39, 0.29) is 36.4 Å². The first kappa shape index (κ1) is 47.5. The number of rotatable bonds is 6. The second-order valence-corrected chi connectivity index (χ2v) is 26.1. The molecule has 61 heavy (non-hydrogen) atoms. The first-order valence-electron chi connectivity index (χ1n) is 26.7. The number of hydrogen-bond donors (Lipinski definition) is 5. The van der Waals surface area contributed by atoms with E-state index in [9.17, 15) is 15.3 Å². The number of aliphatic hydroxyl groups excluding tert-OH is 3. The molecular weight excluding hydrogens is 776 g/mol. The number of hydrogen-bond acceptors (Lipinski definition) is 5. The van der Waals surface area contributed by atoms with Crippen LogP contribution in [0.2, 0.25) is 0 Å². The van der Waals surface area contributed by atoms with Gasteiger partial charge in [-0.2, -0.15) is 0 Å². The zero-order valence-electron chi connectivity index (χ0n) is 40.4. The van der Waals surface area contributed by atoms with Gasteiger partial charge in [-0.25, -0.2) is 0 Å². The normalized spacial score (nSPS) is 55.5. The number of piperidine rings is 1. The van der Waals surface area contributed by atoms with Gasteiger partial charge in [-0.15, -0.1) is 0 Å². The topological polar surface area (TPSA) is 113 Å². The van der Waals surface area contributed by atoms with E-state index in [0.717, 1.165) is 91.9 Å². The summed E-state index contributed by atoms with van der Waals surface area (Å²) in [5.74, 6) is 10.5. The summed E-state index contributed by atoms with van der Waals surface area (Å²) >= 11 is 0. The van der Waals surface area contributed by atoms with E-state index in [2.05, 4.69) is 60.7 Å². The van der Waals surface area contributed by atoms with Crippen LogP contribution >= 0.6 is 0 Å². The molecule has 1 spiro atoms. The zero-order valence-corrected chi connectivity index (χ0v) is 41.2. The third-order valence-corrected chi connectivity index (χ3v) is 23.4. The Kier molecular flexibility index (Phi) is 13.7. The number of fused-ring (bicyclic) bond motifs is 12. The van der Waals surface area contributed by atoms with Crippen molar-refractivity contribution in [1.29, 1.82) is 0 Å². The van der Waals surface area contributed by atoms with Gasteiger partial charge >= 0.3 is 0 Å². The molecule has 23 atom stereocenters. The lowest BCUT2D eigenvalue weighted by Gasteiger charge is -2.61. The third-order valence-electron chi connectivity index (χ3n) is 23.4. The predicted molar refractivity (Wildman–Crippen MR) is 242 cm³/mol. The van der Waals surface area contributed by atoms with Crippen LogP contribution in [0.25, 0.3) is 0 Å². The van der Waals surface area contributed by atoms with Gasteiger partial charge in [0.25, 0.3) is 0 Å². The van der Waals surface area contributed by atoms with Crippen molar-refractivity contribution in [3.63, 3.8) is 0 Å². The largest absolute Gasteiger partial charge is 1.00 e. The van der Waals surface area contributed by atoms with Crippen LogP contribution in [0.1, 0.15) is 190 Å².